The molecule has 2 aliphatic rings. The van der Waals surface area contributed by atoms with E-state index >= 15 is 0 Å². The van der Waals surface area contributed by atoms with Crippen LogP contribution in [0.5, 0.6) is 0 Å². The Morgan fingerprint density at radius 2 is 1.47 bits per heavy atom. The van der Waals surface area contributed by atoms with Crippen molar-refractivity contribution in [2.75, 3.05) is 49.1 Å². The molecule has 1 amide bonds. The highest BCUT2D eigenvalue weighted by Crippen LogP contribution is 2.27. The maximum atomic E-state index is 12.5. The zero-order chi connectivity index (χ0) is 20.9. The number of benzene rings is 2. The second kappa shape index (κ2) is 9.45. The second-order valence-electron chi connectivity index (χ2n) is 7.66. The summed E-state index contributed by atoms with van der Waals surface area (Å²) in [5, 5.41) is 0.798. The lowest BCUT2D eigenvalue weighted by atomic mass is 10.1. The smallest absolute Gasteiger partial charge is 0.227 e. The highest BCUT2D eigenvalue weighted by atomic mass is 35.5. The Bertz CT molecular complexity index is 951. The van der Waals surface area contributed by atoms with Gasteiger partial charge in [0, 0.05) is 57.7 Å². The average molecular weight is 424 g/mol. The highest BCUT2D eigenvalue weighted by Gasteiger charge is 2.25. The molecular weight excluding hydrogens is 398 g/mol. The number of amides is 1. The Balaban J connectivity index is 1.32. The van der Waals surface area contributed by atoms with E-state index in [9.17, 15) is 9.59 Å². The third-order valence-corrected chi connectivity index (χ3v) is 6.07. The van der Waals surface area contributed by atoms with Gasteiger partial charge in [-0.15, -0.1) is 0 Å². The summed E-state index contributed by atoms with van der Waals surface area (Å²) in [7, 11) is 0. The van der Waals surface area contributed by atoms with E-state index in [0.29, 0.717) is 12.1 Å². The highest BCUT2D eigenvalue weighted by molar-refractivity contribution is 6.33. The Hall–Kier alpha value is -2.63. The molecule has 0 atom stereocenters. The Kier molecular flexibility index (Phi) is 6.50. The number of fused-ring (bicyclic) bond motifs is 1. The molecule has 156 valence electrons. The number of hydrogen-bond acceptors (Lipinski definition) is 4. The van der Waals surface area contributed by atoms with Gasteiger partial charge in [-0.05, 0) is 24.3 Å². The molecule has 0 saturated carbocycles. The summed E-state index contributed by atoms with van der Waals surface area (Å²) in [4.78, 5) is 31.2. The van der Waals surface area contributed by atoms with Gasteiger partial charge in [-0.3, -0.25) is 14.5 Å². The van der Waals surface area contributed by atoms with E-state index in [0.717, 1.165) is 49.1 Å². The van der Waals surface area contributed by atoms with E-state index in [1.54, 1.807) is 4.90 Å². The number of ketones is 1. The van der Waals surface area contributed by atoms with E-state index in [-0.39, 0.29) is 24.5 Å². The zero-order valence-corrected chi connectivity index (χ0v) is 17.7. The number of hydrogen-bond donors (Lipinski definition) is 0. The summed E-state index contributed by atoms with van der Waals surface area (Å²) in [6.07, 6.45) is 4.70. The molecule has 2 aromatic rings. The third-order valence-electron chi connectivity index (χ3n) is 5.75. The number of nitrogens with zero attached hydrogens (tertiary/aromatic N) is 3. The van der Waals surface area contributed by atoms with Crippen molar-refractivity contribution >= 4 is 34.7 Å². The van der Waals surface area contributed by atoms with Crippen LogP contribution in [0.4, 0.5) is 11.4 Å². The molecule has 0 bridgehead atoms. The first-order valence-corrected chi connectivity index (χ1v) is 10.8. The fourth-order valence-electron chi connectivity index (χ4n) is 4.05. The van der Waals surface area contributed by atoms with Gasteiger partial charge in [0.1, 0.15) is 0 Å². The summed E-state index contributed by atoms with van der Waals surface area (Å²) in [6, 6.07) is 15.4. The normalized spacial score (nSPS) is 18.0. The molecular formula is C24H26ClN3O2. The minimum Gasteiger partial charge on any atom is -0.368 e. The molecule has 0 spiro atoms. The van der Waals surface area contributed by atoms with Crippen molar-refractivity contribution in [3.63, 3.8) is 0 Å². The van der Waals surface area contributed by atoms with E-state index in [4.69, 9.17) is 11.6 Å². The van der Waals surface area contributed by atoms with Crippen molar-refractivity contribution in [2.45, 2.75) is 12.8 Å². The van der Waals surface area contributed by atoms with E-state index in [1.165, 1.54) is 0 Å². The number of Topliss-reactive ketones (excluding diaryl/α,β-unsaturated/α-hetero) is 1. The number of piperazine rings is 1. The summed E-state index contributed by atoms with van der Waals surface area (Å²) < 4.78 is 0. The topological polar surface area (TPSA) is 43.9 Å². The van der Waals surface area contributed by atoms with Crippen molar-refractivity contribution in [2.24, 2.45) is 0 Å². The average Bonchev–Trinajstić information content (AvgIpc) is 2.89. The van der Waals surface area contributed by atoms with Gasteiger partial charge in [0.05, 0.1) is 16.4 Å². The lowest BCUT2D eigenvalue weighted by molar-refractivity contribution is -0.118. The van der Waals surface area contributed by atoms with E-state index in [1.807, 2.05) is 48.5 Å². The molecule has 2 aliphatic heterocycles. The number of carbonyl (C=O) groups is 2. The van der Waals surface area contributed by atoms with Crippen LogP contribution in [-0.4, -0.2) is 55.9 Å². The maximum absolute atomic E-state index is 12.5. The molecule has 6 heteroatoms. The SMILES string of the molecule is O=C1CCC(=O)N(C/C=C/CN2CCN(c3ccccc3Cl)CC2)c2ccccc21. The van der Waals surface area contributed by atoms with Crippen LogP contribution < -0.4 is 9.80 Å². The van der Waals surface area contributed by atoms with Gasteiger partial charge in [-0.25, -0.2) is 0 Å². The Morgan fingerprint density at radius 1 is 0.800 bits per heavy atom. The molecule has 0 aromatic heterocycles. The maximum Gasteiger partial charge on any atom is 0.227 e. The van der Waals surface area contributed by atoms with Gasteiger partial charge in [0.25, 0.3) is 0 Å². The van der Waals surface area contributed by atoms with Crippen LogP contribution in [0, 0.1) is 0 Å². The minimum atomic E-state index is 0.00584. The van der Waals surface area contributed by atoms with Gasteiger partial charge in [-0.2, -0.15) is 0 Å². The zero-order valence-electron chi connectivity index (χ0n) is 17.0. The molecule has 0 radical (unpaired) electrons. The number of carbonyl (C=O) groups excluding carboxylic acids is 2. The predicted molar refractivity (Wildman–Crippen MR) is 122 cm³/mol. The van der Waals surface area contributed by atoms with Crippen LogP contribution in [0.15, 0.2) is 60.7 Å². The minimum absolute atomic E-state index is 0.00584. The van der Waals surface area contributed by atoms with Crippen LogP contribution in [-0.2, 0) is 4.79 Å². The van der Waals surface area contributed by atoms with Gasteiger partial charge in [0.15, 0.2) is 5.78 Å². The number of halogens is 1. The largest absolute Gasteiger partial charge is 0.368 e. The van der Waals surface area contributed by atoms with Crippen LogP contribution in [0.1, 0.15) is 23.2 Å². The molecule has 0 aliphatic carbocycles. The molecule has 4 rings (SSSR count). The van der Waals surface area contributed by atoms with Crippen molar-refractivity contribution in [3.05, 3.63) is 71.3 Å². The lowest BCUT2D eigenvalue weighted by Gasteiger charge is -2.36. The second-order valence-corrected chi connectivity index (χ2v) is 8.06. The first kappa shape index (κ1) is 20.6. The lowest BCUT2D eigenvalue weighted by Crippen LogP contribution is -2.46. The monoisotopic (exact) mass is 423 g/mol. The summed E-state index contributed by atoms with van der Waals surface area (Å²) >= 11 is 6.32. The number of rotatable bonds is 5. The first-order chi connectivity index (χ1) is 14.6. The van der Waals surface area contributed by atoms with Gasteiger partial charge in [0.2, 0.25) is 5.91 Å². The Morgan fingerprint density at radius 3 is 2.23 bits per heavy atom. The standard InChI is InChI=1S/C24H26ClN3O2/c25-20-8-2-4-10-22(20)27-17-15-26(16-18-27)13-5-6-14-28-21-9-3-1-7-19(21)23(29)11-12-24(28)30/h1-10H,11-18H2/b6-5+. The van der Waals surface area contributed by atoms with Gasteiger partial charge < -0.3 is 9.80 Å². The third kappa shape index (κ3) is 4.58. The van der Waals surface area contributed by atoms with Gasteiger partial charge >= 0.3 is 0 Å². The fourth-order valence-corrected chi connectivity index (χ4v) is 4.31. The molecule has 2 aromatic carbocycles. The predicted octanol–water partition coefficient (Wildman–Crippen LogP) is 4.03. The molecule has 0 N–H and O–H groups in total. The number of para-hydroxylation sites is 2. The Labute approximate surface area is 182 Å². The van der Waals surface area contributed by atoms with E-state index in [2.05, 4.69) is 21.9 Å². The van der Waals surface area contributed by atoms with Crippen molar-refractivity contribution in [3.8, 4) is 0 Å². The molecule has 1 fully saturated rings. The van der Waals surface area contributed by atoms with Crippen molar-refractivity contribution < 1.29 is 9.59 Å². The first-order valence-electron chi connectivity index (χ1n) is 10.4. The summed E-state index contributed by atoms with van der Waals surface area (Å²) in [5.74, 6) is 0.0492. The van der Waals surface area contributed by atoms with E-state index < -0.39 is 0 Å². The van der Waals surface area contributed by atoms with Crippen LogP contribution in [0.25, 0.3) is 0 Å². The molecule has 5 nitrogen and oxygen atoms in total. The van der Waals surface area contributed by atoms with Crippen LogP contribution in [0.2, 0.25) is 5.02 Å². The number of anilines is 2. The van der Waals surface area contributed by atoms with Crippen molar-refractivity contribution in [1.29, 1.82) is 0 Å². The quantitative estimate of drug-likeness (QED) is 0.681. The van der Waals surface area contributed by atoms with Crippen LogP contribution in [0.3, 0.4) is 0 Å². The van der Waals surface area contributed by atoms with Crippen LogP contribution >= 0.6 is 11.6 Å². The summed E-state index contributed by atoms with van der Waals surface area (Å²) in [5.41, 5.74) is 2.47. The molecule has 1 saturated heterocycles. The molecule has 2 heterocycles. The van der Waals surface area contributed by atoms with Gasteiger partial charge in [-0.1, -0.05) is 48.0 Å². The summed E-state index contributed by atoms with van der Waals surface area (Å²) in [6.45, 7) is 5.15. The molecule has 30 heavy (non-hydrogen) atoms. The van der Waals surface area contributed by atoms with Crippen molar-refractivity contribution in [1.82, 2.24) is 4.90 Å². The fraction of sp³-hybridized carbons (Fsp3) is 0.333. The molecule has 0 unspecified atom stereocenters.